The molecule has 0 saturated carbocycles. The van der Waals surface area contributed by atoms with Gasteiger partial charge in [0.25, 0.3) is 0 Å². The molecule has 1 rings (SSSR count). The number of ether oxygens (including phenoxy) is 2. The molecular weight excluding hydrogens is 296 g/mol. The average Bonchev–Trinajstić information content (AvgIpc) is 2.42. The maximum absolute atomic E-state index is 11.2. The third-order valence-electron chi connectivity index (χ3n) is 3.84. The molecule has 0 aliphatic carbocycles. The van der Waals surface area contributed by atoms with Gasteiger partial charge in [0.05, 0.1) is 20.3 Å². The number of carbonyl (C=O) groups is 1. The van der Waals surface area contributed by atoms with Crippen molar-refractivity contribution in [1.29, 1.82) is 0 Å². The third kappa shape index (κ3) is 5.07. The van der Waals surface area contributed by atoms with Crippen LogP contribution in [0.1, 0.15) is 5.56 Å². The van der Waals surface area contributed by atoms with Crippen LogP contribution in [0.5, 0.6) is 5.75 Å². The quantitative estimate of drug-likeness (QED) is 0.485. The van der Waals surface area contributed by atoms with Gasteiger partial charge < -0.3 is 9.47 Å². The first-order valence-electron chi connectivity index (χ1n) is 6.99. The molecule has 0 amide bonds. The van der Waals surface area contributed by atoms with Gasteiger partial charge in [-0.15, -0.1) is 5.54 Å². The smallest absolute Gasteiger partial charge is 0.343 e. The van der Waals surface area contributed by atoms with Gasteiger partial charge in [-0.2, -0.15) is 0 Å². The summed E-state index contributed by atoms with van der Waals surface area (Å²) in [5.41, 5.74) is 4.35. The van der Waals surface area contributed by atoms with E-state index in [9.17, 15) is 4.79 Å². The van der Waals surface area contributed by atoms with Gasteiger partial charge in [-0.1, -0.05) is 50.8 Å². The van der Waals surface area contributed by atoms with E-state index in [0.717, 1.165) is 5.56 Å². The zero-order valence-corrected chi connectivity index (χ0v) is 15.7. The minimum atomic E-state index is -1.53. The normalized spacial score (nSPS) is 11.3. The zero-order chi connectivity index (χ0) is 16.1. The Morgan fingerprint density at radius 3 is 2.33 bits per heavy atom. The lowest BCUT2D eigenvalue weighted by molar-refractivity contribution is -0.142. The number of methoxy groups -OCH3 is 1. The van der Waals surface area contributed by atoms with E-state index in [1.807, 2.05) is 24.3 Å². The number of carbonyl (C=O) groups excluding carboxylic acids is 1. The molecule has 0 radical (unpaired) electrons. The Bertz CT molecular complexity index is 563. The van der Waals surface area contributed by atoms with E-state index < -0.39 is 21.2 Å². The first kappa shape index (κ1) is 17.5. The van der Waals surface area contributed by atoms with Crippen LogP contribution in [0.15, 0.2) is 24.3 Å². The van der Waals surface area contributed by atoms with Gasteiger partial charge in [0.1, 0.15) is 13.3 Å². The zero-order valence-electron chi connectivity index (χ0n) is 13.7. The van der Waals surface area contributed by atoms with Crippen molar-refractivity contribution in [3.63, 3.8) is 0 Å². The Morgan fingerprint density at radius 1 is 1.14 bits per heavy atom. The number of rotatable bonds is 4. The summed E-state index contributed by atoms with van der Waals surface area (Å²) >= 11 is 0. The van der Waals surface area contributed by atoms with E-state index in [0.29, 0.717) is 5.75 Å². The van der Waals surface area contributed by atoms with Crippen LogP contribution in [-0.2, 0) is 9.53 Å². The van der Waals surface area contributed by atoms with Gasteiger partial charge in [-0.3, -0.25) is 0 Å². The van der Waals surface area contributed by atoms with Gasteiger partial charge in [-0.25, -0.2) is 4.79 Å². The highest BCUT2D eigenvalue weighted by molar-refractivity contribution is 7.43. The van der Waals surface area contributed by atoms with Crippen LogP contribution in [0.4, 0.5) is 0 Å². The molecule has 0 spiro atoms. The highest BCUT2D eigenvalue weighted by Crippen LogP contribution is 2.20. The fourth-order valence-corrected chi connectivity index (χ4v) is 3.44. The van der Waals surface area contributed by atoms with E-state index in [1.54, 1.807) is 0 Å². The topological polar surface area (TPSA) is 35.5 Å². The molecule has 21 heavy (non-hydrogen) atoms. The SMILES string of the molecule is COC(=O)COc1ccccc1C#C[Si](C)(C)[Si](C)(C)C. The maximum atomic E-state index is 11.2. The Labute approximate surface area is 129 Å². The van der Waals surface area contributed by atoms with Crippen molar-refractivity contribution in [2.45, 2.75) is 32.7 Å². The minimum absolute atomic E-state index is 0.0932. The van der Waals surface area contributed by atoms with Crippen LogP contribution >= 0.6 is 0 Å². The molecule has 3 nitrogen and oxygen atoms in total. The number of para-hydroxylation sites is 1. The van der Waals surface area contributed by atoms with E-state index in [4.69, 9.17) is 4.74 Å². The van der Waals surface area contributed by atoms with E-state index in [1.165, 1.54) is 7.11 Å². The van der Waals surface area contributed by atoms with Crippen LogP contribution in [0.25, 0.3) is 0 Å². The summed E-state index contributed by atoms with van der Waals surface area (Å²) in [6.45, 7) is 11.7. The van der Waals surface area contributed by atoms with Crippen molar-refractivity contribution in [2.24, 2.45) is 0 Å². The lowest BCUT2D eigenvalue weighted by Gasteiger charge is -2.29. The Kier molecular flexibility index (Phi) is 5.82. The first-order chi connectivity index (χ1) is 9.67. The van der Waals surface area contributed by atoms with Crippen LogP contribution in [0.3, 0.4) is 0 Å². The summed E-state index contributed by atoms with van der Waals surface area (Å²) in [5.74, 6) is 3.51. The van der Waals surface area contributed by atoms with Crippen molar-refractivity contribution >= 4 is 21.2 Å². The third-order valence-corrected chi connectivity index (χ3v) is 20.0. The molecule has 0 aliphatic rings. The summed E-state index contributed by atoms with van der Waals surface area (Å²) in [6.07, 6.45) is 0. The largest absolute Gasteiger partial charge is 0.481 e. The summed E-state index contributed by atoms with van der Waals surface area (Å²) in [7, 11) is -1.43. The molecule has 0 atom stereocenters. The molecule has 0 heterocycles. The van der Waals surface area contributed by atoms with Crippen LogP contribution < -0.4 is 4.74 Å². The van der Waals surface area contributed by atoms with Gasteiger partial charge in [0.2, 0.25) is 0 Å². The van der Waals surface area contributed by atoms with Crippen molar-refractivity contribution in [3.8, 4) is 17.2 Å². The van der Waals surface area contributed by atoms with Crippen LogP contribution in [-0.4, -0.2) is 34.9 Å². The molecular formula is C16H24O3Si2. The molecule has 0 aromatic heterocycles. The number of benzene rings is 1. The molecule has 0 aliphatic heterocycles. The van der Waals surface area contributed by atoms with Gasteiger partial charge in [0, 0.05) is 0 Å². The first-order valence-corrected chi connectivity index (χ1v) is 14.5. The predicted molar refractivity (Wildman–Crippen MR) is 91.7 cm³/mol. The fraction of sp³-hybridized carbons (Fsp3) is 0.438. The van der Waals surface area contributed by atoms with Gasteiger partial charge in [-0.05, 0) is 12.1 Å². The molecule has 0 N–H and O–H groups in total. The lowest BCUT2D eigenvalue weighted by Crippen LogP contribution is -2.51. The molecule has 0 unspecified atom stereocenters. The molecule has 0 saturated heterocycles. The Hall–Kier alpha value is -1.52. The molecule has 114 valence electrons. The second kappa shape index (κ2) is 6.96. The van der Waals surface area contributed by atoms with Crippen molar-refractivity contribution in [1.82, 2.24) is 0 Å². The highest BCUT2D eigenvalue weighted by atomic mass is 29.3. The predicted octanol–water partition coefficient (Wildman–Crippen LogP) is 3.25. The van der Waals surface area contributed by atoms with Gasteiger partial charge in [0.15, 0.2) is 6.61 Å². The molecule has 1 aromatic carbocycles. The Balaban J connectivity index is 2.98. The second-order valence-corrected chi connectivity index (χ2v) is 22.7. The number of hydrogen-bond acceptors (Lipinski definition) is 3. The van der Waals surface area contributed by atoms with Crippen molar-refractivity contribution in [3.05, 3.63) is 29.8 Å². The standard InChI is InChI=1S/C16H24O3Si2/c1-18-16(17)13-19-15-10-8-7-9-14(15)11-12-21(5,6)20(2,3)4/h7-10H,13H2,1-6H3. The molecule has 5 heteroatoms. The van der Waals surface area contributed by atoms with Crippen molar-refractivity contribution in [2.75, 3.05) is 13.7 Å². The van der Waals surface area contributed by atoms with E-state index in [-0.39, 0.29) is 6.61 Å². The van der Waals surface area contributed by atoms with Crippen LogP contribution in [0, 0.1) is 11.5 Å². The van der Waals surface area contributed by atoms with E-state index >= 15 is 0 Å². The lowest BCUT2D eigenvalue weighted by atomic mass is 10.2. The van der Waals surface area contributed by atoms with Gasteiger partial charge >= 0.3 is 5.97 Å². The summed E-state index contributed by atoms with van der Waals surface area (Å²) in [5, 5.41) is 0. The second-order valence-electron chi connectivity index (χ2n) is 6.49. The molecule has 1 aromatic rings. The number of esters is 1. The molecule has 0 bridgehead atoms. The molecule has 0 fully saturated rings. The summed E-state index contributed by atoms with van der Waals surface area (Å²) in [4.78, 5) is 11.2. The van der Waals surface area contributed by atoms with Crippen LogP contribution in [0.2, 0.25) is 32.7 Å². The monoisotopic (exact) mass is 320 g/mol. The van der Waals surface area contributed by atoms with Crippen molar-refractivity contribution < 1.29 is 14.3 Å². The summed E-state index contributed by atoms with van der Waals surface area (Å²) in [6, 6.07) is 7.56. The average molecular weight is 321 g/mol. The maximum Gasteiger partial charge on any atom is 0.343 e. The fourth-order valence-electron chi connectivity index (χ4n) is 1.30. The minimum Gasteiger partial charge on any atom is -0.481 e. The van der Waals surface area contributed by atoms with E-state index in [2.05, 4.69) is 48.9 Å². The number of hydrogen-bond donors (Lipinski definition) is 0. The highest BCUT2D eigenvalue weighted by Gasteiger charge is 2.35. The summed E-state index contributed by atoms with van der Waals surface area (Å²) < 4.78 is 10.1. The Morgan fingerprint density at radius 2 is 1.76 bits per heavy atom.